The summed E-state index contributed by atoms with van der Waals surface area (Å²) < 4.78 is 8.87. The van der Waals surface area contributed by atoms with Crippen molar-refractivity contribution in [3.8, 4) is 27.9 Å². The fraction of sp³-hybridized carbons (Fsp3) is 0. The molecule has 0 fully saturated rings. The van der Waals surface area contributed by atoms with Crippen LogP contribution < -0.4 is 25.6 Å². The number of para-hydroxylation sites is 3. The summed E-state index contributed by atoms with van der Waals surface area (Å²) in [7, 11) is -2.73. The van der Waals surface area contributed by atoms with Gasteiger partial charge in [-0.2, -0.15) is 0 Å². The molecule has 11 aromatic carbocycles. The molecule has 3 nitrogen and oxygen atoms in total. The molecule has 0 aliphatic rings. The van der Waals surface area contributed by atoms with E-state index in [9.17, 15) is 0 Å². The van der Waals surface area contributed by atoms with Gasteiger partial charge in [0.2, 0.25) is 0 Å². The minimum absolute atomic E-state index is 0.862. The molecular formula is C66H46N2OSi. The van der Waals surface area contributed by atoms with E-state index in [4.69, 9.17) is 4.42 Å². The van der Waals surface area contributed by atoms with Crippen molar-refractivity contribution in [1.82, 2.24) is 4.57 Å². The van der Waals surface area contributed by atoms with Crippen molar-refractivity contribution in [3.05, 3.63) is 279 Å². The fourth-order valence-corrected chi connectivity index (χ4v) is 15.8. The molecule has 2 aromatic heterocycles. The molecule has 2 heterocycles. The first kappa shape index (κ1) is 41.2. The van der Waals surface area contributed by atoms with Crippen molar-refractivity contribution in [2.75, 3.05) is 4.90 Å². The lowest BCUT2D eigenvalue weighted by Gasteiger charge is -2.35. The van der Waals surface area contributed by atoms with Crippen molar-refractivity contribution < 1.29 is 4.42 Å². The Balaban J connectivity index is 0.914. The molecule has 13 rings (SSSR count). The van der Waals surface area contributed by atoms with Gasteiger partial charge in [-0.25, -0.2) is 0 Å². The molecule has 0 bridgehead atoms. The summed E-state index contributed by atoms with van der Waals surface area (Å²) >= 11 is 0. The van der Waals surface area contributed by atoms with E-state index in [0.29, 0.717) is 0 Å². The number of hydrogen-bond donors (Lipinski definition) is 0. The lowest BCUT2D eigenvalue weighted by molar-refractivity contribution is 0.669. The molecule has 0 aliphatic carbocycles. The summed E-state index contributed by atoms with van der Waals surface area (Å²) in [4.78, 5) is 2.39. The standard InChI is InChI=1S/C66H46N2OSi/c1-5-19-50(20-6-1)68-60-30-15-13-27-58(60)65-57(29-17-31-61(65)68)49-37-35-47(36-38-49)48-39-41-51(42-40-48)67(62-32-18-34-64-66(62)59-28-14-16-33-63(59)69-64)52-43-45-56(46-44-52)70(53-21-7-2-8-22-53,54-23-9-3-10-24-54)55-25-11-4-12-26-55/h1-46H. The Hall–Kier alpha value is -8.96. The van der Waals surface area contributed by atoms with Gasteiger partial charge in [0, 0.05) is 33.2 Å². The maximum atomic E-state index is 6.49. The van der Waals surface area contributed by atoms with E-state index in [2.05, 4.69) is 282 Å². The SMILES string of the molecule is c1ccc(-n2c3ccccc3c3c(-c4ccc(-c5ccc(N(c6ccc([Si](c7ccccc7)(c7ccccc7)c7ccccc7)cc6)c6cccc7oc8ccccc8c67)cc5)cc4)cccc32)cc1. The highest BCUT2D eigenvalue weighted by Crippen LogP contribution is 2.44. The first-order valence-electron chi connectivity index (χ1n) is 24.0. The van der Waals surface area contributed by atoms with E-state index in [0.717, 1.165) is 55.8 Å². The molecule has 0 aliphatic heterocycles. The van der Waals surface area contributed by atoms with Crippen LogP contribution in [0, 0.1) is 0 Å². The van der Waals surface area contributed by atoms with Gasteiger partial charge in [-0.05, 0) is 110 Å². The molecular weight excluding hydrogens is 865 g/mol. The predicted molar refractivity (Wildman–Crippen MR) is 297 cm³/mol. The molecule has 0 saturated heterocycles. The predicted octanol–water partition coefficient (Wildman–Crippen LogP) is 14.9. The second-order valence-corrected chi connectivity index (χ2v) is 21.8. The van der Waals surface area contributed by atoms with Crippen molar-refractivity contribution >= 4 is 89.6 Å². The smallest absolute Gasteiger partial charge is 0.179 e. The second kappa shape index (κ2) is 17.3. The third kappa shape index (κ3) is 6.80. The zero-order valence-electron chi connectivity index (χ0n) is 38.4. The first-order chi connectivity index (χ1) is 34.7. The third-order valence-corrected chi connectivity index (χ3v) is 19.0. The van der Waals surface area contributed by atoms with Crippen LogP contribution in [0.5, 0.6) is 0 Å². The zero-order valence-corrected chi connectivity index (χ0v) is 39.4. The minimum atomic E-state index is -2.73. The minimum Gasteiger partial charge on any atom is -0.456 e. The number of benzene rings is 11. The lowest BCUT2D eigenvalue weighted by atomic mass is 9.97. The summed E-state index contributed by atoms with van der Waals surface area (Å²) in [6.07, 6.45) is 0. The molecule has 0 unspecified atom stereocenters. The maximum absolute atomic E-state index is 6.49. The van der Waals surface area contributed by atoms with Crippen LogP contribution in [0.1, 0.15) is 0 Å². The molecule has 0 saturated carbocycles. The van der Waals surface area contributed by atoms with E-state index in [1.165, 1.54) is 53.7 Å². The quantitative estimate of drug-likeness (QED) is 0.101. The second-order valence-electron chi connectivity index (χ2n) is 18.0. The maximum Gasteiger partial charge on any atom is 0.179 e. The Morgan fingerprint density at radius 1 is 0.314 bits per heavy atom. The normalized spacial score (nSPS) is 11.7. The molecule has 0 spiro atoms. The van der Waals surface area contributed by atoms with E-state index in [1.54, 1.807) is 0 Å². The van der Waals surface area contributed by atoms with Crippen molar-refractivity contribution in [2.24, 2.45) is 0 Å². The lowest BCUT2D eigenvalue weighted by Crippen LogP contribution is -2.74. The van der Waals surface area contributed by atoms with Gasteiger partial charge in [0.15, 0.2) is 8.07 Å². The number of anilines is 3. The van der Waals surface area contributed by atoms with Crippen molar-refractivity contribution in [3.63, 3.8) is 0 Å². The Bertz CT molecular complexity index is 3860. The van der Waals surface area contributed by atoms with Gasteiger partial charge < -0.3 is 13.9 Å². The third-order valence-electron chi connectivity index (χ3n) is 14.2. The monoisotopic (exact) mass is 910 g/mol. The van der Waals surface area contributed by atoms with E-state index >= 15 is 0 Å². The number of fused-ring (bicyclic) bond motifs is 6. The van der Waals surface area contributed by atoms with Crippen LogP contribution in [-0.2, 0) is 0 Å². The molecule has 0 radical (unpaired) electrons. The molecule has 0 amide bonds. The van der Waals surface area contributed by atoms with Gasteiger partial charge >= 0.3 is 0 Å². The average molecular weight is 911 g/mol. The van der Waals surface area contributed by atoms with Gasteiger partial charge in [0.05, 0.1) is 22.1 Å². The van der Waals surface area contributed by atoms with Crippen molar-refractivity contribution in [2.45, 2.75) is 0 Å². The van der Waals surface area contributed by atoms with Gasteiger partial charge in [0.25, 0.3) is 0 Å². The van der Waals surface area contributed by atoms with Crippen LogP contribution in [0.25, 0.3) is 71.7 Å². The Morgan fingerprint density at radius 3 is 1.40 bits per heavy atom. The summed E-state index contributed by atoms with van der Waals surface area (Å²) in [5.74, 6) is 0. The topological polar surface area (TPSA) is 21.3 Å². The van der Waals surface area contributed by atoms with Crippen LogP contribution >= 0.6 is 0 Å². The van der Waals surface area contributed by atoms with Crippen LogP contribution in [0.15, 0.2) is 283 Å². The van der Waals surface area contributed by atoms with Gasteiger partial charge in [-0.15, -0.1) is 0 Å². The molecule has 13 aromatic rings. The highest BCUT2D eigenvalue weighted by Gasteiger charge is 2.41. The van der Waals surface area contributed by atoms with Gasteiger partial charge in [-0.3, -0.25) is 0 Å². The Kier molecular flexibility index (Phi) is 10.2. The van der Waals surface area contributed by atoms with Gasteiger partial charge in [0.1, 0.15) is 11.2 Å². The largest absolute Gasteiger partial charge is 0.456 e. The van der Waals surface area contributed by atoms with E-state index in [1.807, 2.05) is 6.07 Å². The molecule has 4 heteroatoms. The molecule has 0 atom stereocenters. The van der Waals surface area contributed by atoms with Crippen LogP contribution in [0.4, 0.5) is 17.1 Å². The summed E-state index contributed by atoms with van der Waals surface area (Å²) in [6, 6.07) is 102. The van der Waals surface area contributed by atoms with Gasteiger partial charge in [-0.1, -0.05) is 212 Å². The van der Waals surface area contributed by atoms with Crippen molar-refractivity contribution in [1.29, 1.82) is 0 Å². The fourth-order valence-electron chi connectivity index (χ4n) is 11.1. The first-order valence-corrected chi connectivity index (χ1v) is 26.0. The average Bonchev–Trinajstić information content (AvgIpc) is 4.00. The number of hydrogen-bond acceptors (Lipinski definition) is 2. The van der Waals surface area contributed by atoms with Crippen LogP contribution in [0.2, 0.25) is 0 Å². The zero-order chi connectivity index (χ0) is 46.4. The molecule has 0 N–H and O–H groups in total. The number of aromatic nitrogens is 1. The summed E-state index contributed by atoms with van der Waals surface area (Å²) in [5.41, 5.74) is 13.2. The van der Waals surface area contributed by atoms with Crippen LogP contribution in [-0.4, -0.2) is 12.6 Å². The number of furan rings is 1. The van der Waals surface area contributed by atoms with E-state index in [-0.39, 0.29) is 0 Å². The Morgan fingerprint density at radius 2 is 0.771 bits per heavy atom. The number of rotatable bonds is 10. The molecule has 70 heavy (non-hydrogen) atoms. The molecule has 330 valence electrons. The van der Waals surface area contributed by atoms with E-state index < -0.39 is 8.07 Å². The number of nitrogens with zero attached hydrogens (tertiary/aromatic N) is 2. The summed E-state index contributed by atoms with van der Waals surface area (Å²) in [6.45, 7) is 0. The highest BCUT2D eigenvalue weighted by atomic mass is 28.3. The highest BCUT2D eigenvalue weighted by molar-refractivity contribution is 7.19. The van der Waals surface area contributed by atoms with Crippen LogP contribution in [0.3, 0.4) is 0 Å². The summed E-state index contributed by atoms with van der Waals surface area (Å²) in [5, 5.41) is 10.1. The Labute approximate surface area is 408 Å².